The first-order valence-corrected chi connectivity index (χ1v) is 5.90. The van der Waals surface area contributed by atoms with E-state index in [0.717, 1.165) is 12.2 Å². The molecule has 2 bridgehead atoms. The molecule has 0 spiro atoms. The molecule has 3 unspecified atom stereocenters. The van der Waals surface area contributed by atoms with Gasteiger partial charge in [-0.05, 0) is 25.0 Å². The topological polar surface area (TPSA) is 26.3 Å². The maximum atomic E-state index is 11.9. The zero-order valence-corrected chi connectivity index (χ0v) is 9.69. The predicted octanol–water partition coefficient (Wildman–Crippen LogP) is 2.92. The molecule has 2 aliphatic rings. The normalized spacial score (nSPS) is 36.5. The van der Waals surface area contributed by atoms with E-state index in [-0.39, 0.29) is 11.5 Å². The van der Waals surface area contributed by atoms with Crippen molar-refractivity contribution in [3.63, 3.8) is 0 Å². The van der Waals surface area contributed by atoms with E-state index in [4.69, 9.17) is 4.74 Å². The molecule has 0 radical (unpaired) electrons. The minimum absolute atomic E-state index is 0.137. The summed E-state index contributed by atoms with van der Waals surface area (Å²) in [4.78, 5) is 11.9. The van der Waals surface area contributed by atoms with Gasteiger partial charge >= 0.3 is 0 Å². The molecule has 1 aromatic rings. The van der Waals surface area contributed by atoms with Crippen molar-refractivity contribution in [1.82, 2.24) is 0 Å². The van der Waals surface area contributed by atoms with Gasteiger partial charge in [0.15, 0.2) is 0 Å². The number of Topliss-reactive ketones (excluding diaryl/α,β-unsaturated/α-hetero) is 1. The van der Waals surface area contributed by atoms with E-state index in [1.807, 2.05) is 18.2 Å². The van der Waals surface area contributed by atoms with Gasteiger partial charge in [0.1, 0.15) is 17.1 Å². The molecular formula is C14H16O2. The summed E-state index contributed by atoms with van der Waals surface area (Å²) in [5, 5.41) is 0. The van der Waals surface area contributed by atoms with Crippen molar-refractivity contribution < 1.29 is 9.53 Å². The summed E-state index contributed by atoms with van der Waals surface area (Å²) in [5.74, 6) is 1.79. The molecule has 2 nitrogen and oxygen atoms in total. The number of rotatable bonds is 0. The largest absolute Gasteiger partial charge is 0.487 e. The van der Waals surface area contributed by atoms with E-state index in [2.05, 4.69) is 19.9 Å². The number of carbonyl (C=O) groups is 1. The highest BCUT2D eigenvalue weighted by molar-refractivity contribution is 5.84. The highest BCUT2D eigenvalue weighted by atomic mass is 16.5. The minimum Gasteiger partial charge on any atom is -0.487 e. The third kappa shape index (κ3) is 1.29. The van der Waals surface area contributed by atoms with Crippen LogP contribution in [0, 0.1) is 5.92 Å². The third-order valence-corrected chi connectivity index (χ3v) is 3.99. The number of hydrogen-bond donors (Lipinski definition) is 0. The Balaban J connectivity index is 2.13. The van der Waals surface area contributed by atoms with Gasteiger partial charge in [0, 0.05) is 18.3 Å². The van der Waals surface area contributed by atoms with Crippen LogP contribution in [0.1, 0.15) is 38.2 Å². The van der Waals surface area contributed by atoms with Crippen LogP contribution in [0.5, 0.6) is 5.75 Å². The maximum absolute atomic E-state index is 11.9. The second-order valence-corrected chi connectivity index (χ2v) is 5.33. The van der Waals surface area contributed by atoms with Crippen molar-refractivity contribution in [2.45, 2.75) is 38.2 Å². The van der Waals surface area contributed by atoms with Gasteiger partial charge in [-0.15, -0.1) is 0 Å². The van der Waals surface area contributed by atoms with E-state index < -0.39 is 0 Å². The van der Waals surface area contributed by atoms with Gasteiger partial charge in [0.2, 0.25) is 0 Å². The second kappa shape index (κ2) is 3.09. The molecular weight excluding hydrogens is 200 g/mol. The smallest absolute Gasteiger partial charge is 0.140 e. The van der Waals surface area contributed by atoms with Crippen LogP contribution in [0.4, 0.5) is 0 Å². The fourth-order valence-electron chi connectivity index (χ4n) is 3.07. The van der Waals surface area contributed by atoms with Gasteiger partial charge in [-0.1, -0.05) is 25.1 Å². The number of para-hydroxylation sites is 1. The zero-order valence-electron chi connectivity index (χ0n) is 9.69. The van der Waals surface area contributed by atoms with Gasteiger partial charge in [-0.25, -0.2) is 0 Å². The summed E-state index contributed by atoms with van der Waals surface area (Å²) < 4.78 is 5.99. The first-order chi connectivity index (χ1) is 7.59. The Morgan fingerprint density at radius 3 is 2.94 bits per heavy atom. The van der Waals surface area contributed by atoms with Crippen LogP contribution in [0.15, 0.2) is 24.3 Å². The number of carbonyl (C=O) groups excluding carboxylic acids is 1. The van der Waals surface area contributed by atoms with E-state index in [1.165, 1.54) is 5.56 Å². The van der Waals surface area contributed by atoms with Crippen molar-refractivity contribution in [3.8, 4) is 5.75 Å². The van der Waals surface area contributed by atoms with Crippen molar-refractivity contribution >= 4 is 5.78 Å². The van der Waals surface area contributed by atoms with E-state index in [1.54, 1.807) is 0 Å². The van der Waals surface area contributed by atoms with Gasteiger partial charge < -0.3 is 4.74 Å². The van der Waals surface area contributed by atoms with Crippen molar-refractivity contribution in [1.29, 1.82) is 0 Å². The molecule has 1 heterocycles. The van der Waals surface area contributed by atoms with Crippen LogP contribution in [0.3, 0.4) is 0 Å². The molecule has 0 amide bonds. The van der Waals surface area contributed by atoms with Gasteiger partial charge in [0.05, 0.1) is 0 Å². The molecule has 0 saturated heterocycles. The molecule has 2 heteroatoms. The number of benzene rings is 1. The zero-order chi connectivity index (χ0) is 11.3. The van der Waals surface area contributed by atoms with Gasteiger partial charge in [-0.3, -0.25) is 4.79 Å². The Morgan fingerprint density at radius 2 is 2.12 bits per heavy atom. The van der Waals surface area contributed by atoms with Crippen LogP contribution >= 0.6 is 0 Å². The monoisotopic (exact) mass is 216 g/mol. The lowest BCUT2D eigenvalue weighted by molar-refractivity contribution is -0.132. The average Bonchev–Trinajstić information content (AvgIpc) is 2.25. The molecule has 3 atom stereocenters. The molecule has 0 N–H and O–H groups in total. The van der Waals surface area contributed by atoms with Crippen LogP contribution < -0.4 is 4.74 Å². The molecule has 1 aromatic carbocycles. The van der Waals surface area contributed by atoms with Crippen LogP contribution in [0.2, 0.25) is 0 Å². The van der Waals surface area contributed by atoms with Crippen LogP contribution in [-0.2, 0) is 4.79 Å². The number of fused-ring (bicyclic) bond motifs is 4. The Morgan fingerprint density at radius 1 is 1.38 bits per heavy atom. The number of ketones is 1. The second-order valence-electron chi connectivity index (χ2n) is 5.33. The van der Waals surface area contributed by atoms with E-state index in [9.17, 15) is 4.79 Å². The lowest BCUT2D eigenvalue weighted by Crippen LogP contribution is -2.47. The summed E-state index contributed by atoms with van der Waals surface area (Å²) in [6, 6.07) is 8.13. The van der Waals surface area contributed by atoms with Crippen LogP contribution in [-0.4, -0.2) is 11.4 Å². The Bertz CT molecular complexity index is 452. The molecule has 0 aromatic heterocycles. The van der Waals surface area contributed by atoms with E-state index >= 15 is 0 Å². The first-order valence-electron chi connectivity index (χ1n) is 5.90. The lowest BCUT2D eigenvalue weighted by atomic mass is 9.68. The van der Waals surface area contributed by atoms with Gasteiger partial charge in [-0.2, -0.15) is 0 Å². The molecule has 1 saturated carbocycles. The lowest BCUT2D eigenvalue weighted by Gasteiger charge is -2.45. The summed E-state index contributed by atoms with van der Waals surface area (Å²) >= 11 is 0. The molecule has 3 rings (SSSR count). The summed E-state index contributed by atoms with van der Waals surface area (Å²) in [6.45, 7) is 4.11. The van der Waals surface area contributed by atoms with Crippen LogP contribution in [0.25, 0.3) is 0 Å². The molecule has 1 aliphatic carbocycles. The highest BCUT2D eigenvalue weighted by Gasteiger charge is 2.47. The van der Waals surface area contributed by atoms with E-state index in [0.29, 0.717) is 18.1 Å². The minimum atomic E-state index is -0.275. The van der Waals surface area contributed by atoms with Crippen molar-refractivity contribution in [3.05, 3.63) is 29.8 Å². The highest BCUT2D eigenvalue weighted by Crippen LogP contribution is 2.49. The quantitative estimate of drug-likeness (QED) is 0.666. The fraction of sp³-hybridized carbons (Fsp3) is 0.500. The Hall–Kier alpha value is -1.31. The van der Waals surface area contributed by atoms with Crippen molar-refractivity contribution in [2.75, 3.05) is 0 Å². The third-order valence-electron chi connectivity index (χ3n) is 3.99. The summed E-state index contributed by atoms with van der Waals surface area (Å²) in [7, 11) is 0. The maximum Gasteiger partial charge on any atom is 0.140 e. The standard InChI is InChI=1S/C14H16O2/c1-9-11-7-14(2,8-12(9)15)16-13-6-4-3-5-10(11)13/h3-6,9,11H,7-8H2,1-2H3. The predicted molar refractivity (Wildman–Crippen MR) is 61.6 cm³/mol. The average molecular weight is 216 g/mol. The Kier molecular flexibility index (Phi) is 1.91. The Labute approximate surface area is 95.6 Å². The molecule has 84 valence electrons. The number of ether oxygens (including phenoxy) is 1. The van der Waals surface area contributed by atoms with Crippen molar-refractivity contribution in [2.24, 2.45) is 5.92 Å². The van der Waals surface area contributed by atoms with Gasteiger partial charge in [0.25, 0.3) is 0 Å². The molecule has 1 aliphatic heterocycles. The SMILES string of the molecule is CC1C(=O)CC2(C)CC1c1ccccc1O2. The number of hydrogen-bond acceptors (Lipinski definition) is 2. The molecule has 1 fully saturated rings. The molecule has 16 heavy (non-hydrogen) atoms. The summed E-state index contributed by atoms with van der Waals surface area (Å²) in [5.41, 5.74) is 0.934. The fourth-order valence-corrected chi connectivity index (χ4v) is 3.07. The first kappa shape index (κ1) is 9.88. The summed E-state index contributed by atoms with van der Waals surface area (Å²) in [6.07, 6.45) is 1.52.